The van der Waals surface area contributed by atoms with Crippen LogP contribution >= 0.6 is 0 Å². The number of rotatable bonds is 5. The highest BCUT2D eigenvalue weighted by Crippen LogP contribution is 2.15. The molecule has 0 aromatic carbocycles. The van der Waals surface area contributed by atoms with Crippen LogP contribution in [0.15, 0.2) is 0 Å². The average molecular weight is 241 g/mol. The zero-order valence-electron chi connectivity index (χ0n) is 12.5. The Morgan fingerprint density at radius 3 is 2.35 bits per heavy atom. The number of likely N-dealkylation sites (N-methyl/N-ethyl adjacent to an activating group) is 1. The van der Waals surface area contributed by atoms with Crippen molar-refractivity contribution < 1.29 is 0 Å². The van der Waals surface area contributed by atoms with Crippen molar-refractivity contribution in [3.63, 3.8) is 0 Å². The van der Waals surface area contributed by atoms with Gasteiger partial charge in [0.15, 0.2) is 0 Å². The van der Waals surface area contributed by atoms with Gasteiger partial charge >= 0.3 is 0 Å². The van der Waals surface area contributed by atoms with E-state index in [1.807, 2.05) is 0 Å². The van der Waals surface area contributed by atoms with E-state index in [0.29, 0.717) is 24.0 Å². The third-order valence-corrected chi connectivity index (χ3v) is 4.24. The van der Waals surface area contributed by atoms with Crippen LogP contribution in [0.2, 0.25) is 0 Å². The molecular formula is C14H31N3. The Kier molecular flexibility index (Phi) is 5.90. The van der Waals surface area contributed by atoms with Gasteiger partial charge in [-0.25, -0.2) is 0 Å². The minimum Gasteiger partial charge on any atom is -0.314 e. The van der Waals surface area contributed by atoms with Gasteiger partial charge in [0.1, 0.15) is 0 Å². The predicted molar refractivity (Wildman–Crippen MR) is 75.4 cm³/mol. The fourth-order valence-corrected chi connectivity index (χ4v) is 2.40. The molecule has 1 N–H and O–H groups in total. The molecule has 1 aliphatic heterocycles. The van der Waals surface area contributed by atoms with Crippen LogP contribution in [-0.2, 0) is 0 Å². The summed E-state index contributed by atoms with van der Waals surface area (Å²) in [7, 11) is 2.23. The van der Waals surface area contributed by atoms with Gasteiger partial charge in [-0.15, -0.1) is 0 Å². The zero-order valence-corrected chi connectivity index (χ0v) is 12.5. The molecule has 3 atom stereocenters. The van der Waals surface area contributed by atoms with Crippen molar-refractivity contribution in [2.75, 3.05) is 33.2 Å². The molecule has 3 heteroatoms. The highest BCUT2D eigenvalue weighted by atomic mass is 15.3. The summed E-state index contributed by atoms with van der Waals surface area (Å²) in [5.41, 5.74) is 0. The van der Waals surface area contributed by atoms with Crippen molar-refractivity contribution in [2.45, 2.75) is 52.7 Å². The number of hydrogen-bond donors (Lipinski definition) is 1. The Hall–Kier alpha value is -0.120. The highest BCUT2D eigenvalue weighted by Gasteiger charge is 2.26. The van der Waals surface area contributed by atoms with E-state index in [1.165, 1.54) is 19.6 Å². The molecule has 0 amide bonds. The van der Waals surface area contributed by atoms with E-state index in [4.69, 9.17) is 0 Å². The van der Waals surface area contributed by atoms with Gasteiger partial charge < -0.3 is 10.2 Å². The van der Waals surface area contributed by atoms with Crippen molar-refractivity contribution in [3.05, 3.63) is 0 Å². The Bertz CT molecular complexity index is 218. The maximum Gasteiger partial charge on any atom is 0.0192 e. The summed E-state index contributed by atoms with van der Waals surface area (Å²) in [6.45, 7) is 16.3. The molecule has 3 nitrogen and oxygen atoms in total. The summed E-state index contributed by atoms with van der Waals surface area (Å²) in [4.78, 5) is 5.11. The molecule has 0 aromatic rings. The van der Waals surface area contributed by atoms with Crippen molar-refractivity contribution in [1.82, 2.24) is 15.1 Å². The van der Waals surface area contributed by atoms with Gasteiger partial charge in [-0.2, -0.15) is 0 Å². The number of hydrogen-bond acceptors (Lipinski definition) is 3. The van der Waals surface area contributed by atoms with Gasteiger partial charge in [0.2, 0.25) is 0 Å². The second-order valence-corrected chi connectivity index (χ2v) is 6.11. The number of piperazine rings is 1. The lowest BCUT2D eigenvalue weighted by molar-refractivity contribution is 0.0585. The molecule has 0 spiro atoms. The molecule has 0 saturated carbocycles. The summed E-state index contributed by atoms with van der Waals surface area (Å²) in [5.74, 6) is 0.716. The van der Waals surface area contributed by atoms with Crippen molar-refractivity contribution in [3.8, 4) is 0 Å². The van der Waals surface area contributed by atoms with Gasteiger partial charge in [0.25, 0.3) is 0 Å². The Morgan fingerprint density at radius 2 is 1.82 bits per heavy atom. The summed E-state index contributed by atoms with van der Waals surface area (Å²) < 4.78 is 0. The van der Waals surface area contributed by atoms with Crippen molar-refractivity contribution in [1.29, 1.82) is 0 Å². The Labute approximate surface area is 108 Å². The Balaban J connectivity index is 2.38. The fraction of sp³-hybridized carbons (Fsp3) is 1.00. The van der Waals surface area contributed by atoms with Crippen LogP contribution < -0.4 is 5.32 Å². The summed E-state index contributed by atoms with van der Waals surface area (Å²) in [6, 6.07) is 1.96. The molecule has 0 aliphatic carbocycles. The van der Waals surface area contributed by atoms with Crippen molar-refractivity contribution >= 4 is 0 Å². The van der Waals surface area contributed by atoms with Crippen LogP contribution in [0.1, 0.15) is 34.6 Å². The standard InChI is InChI=1S/C14H31N3/c1-11(2)15-9-12(3)14(5)17-8-7-16(6)13(4)10-17/h11-15H,7-10H2,1-6H3. The molecule has 1 heterocycles. The first-order valence-electron chi connectivity index (χ1n) is 7.09. The first-order chi connectivity index (χ1) is 7.91. The maximum absolute atomic E-state index is 3.55. The second kappa shape index (κ2) is 6.72. The Morgan fingerprint density at radius 1 is 1.18 bits per heavy atom. The SMILES string of the molecule is CC(C)NCC(C)C(C)N1CCN(C)C(C)C1. The van der Waals surface area contributed by atoms with Gasteiger partial charge in [0.05, 0.1) is 0 Å². The fourth-order valence-electron chi connectivity index (χ4n) is 2.40. The molecule has 1 saturated heterocycles. The monoisotopic (exact) mass is 241 g/mol. The first-order valence-corrected chi connectivity index (χ1v) is 7.09. The topological polar surface area (TPSA) is 18.5 Å². The lowest BCUT2D eigenvalue weighted by Crippen LogP contribution is -2.54. The van der Waals surface area contributed by atoms with Crippen LogP contribution in [-0.4, -0.2) is 61.2 Å². The molecule has 3 unspecified atom stereocenters. The molecule has 0 bridgehead atoms. The molecule has 0 aromatic heterocycles. The first kappa shape index (κ1) is 14.9. The molecule has 1 fully saturated rings. The summed E-state index contributed by atoms with van der Waals surface area (Å²) in [6.07, 6.45) is 0. The molecule has 0 radical (unpaired) electrons. The van der Waals surface area contributed by atoms with E-state index in [-0.39, 0.29) is 0 Å². The van der Waals surface area contributed by atoms with Crippen LogP contribution in [0, 0.1) is 5.92 Å². The summed E-state index contributed by atoms with van der Waals surface area (Å²) >= 11 is 0. The van der Waals surface area contributed by atoms with E-state index < -0.39 is 0 Å². The second-order valence-electron chi connectivity index (χ2n) is 6.11. The lowest BCUT2D eigenvalue weighted by atomic mass is 10.00. The van der Waals surface area contributed by atoms with E-state index in [1.54, 1.807) is 0 Å². The third-order valence-electron chi connectivity index (χ3n) is 4.24. The van der Waals surface area contributed by atoms with E-state index in [2.05, 4.69) is 56.8 Å². The molecule has 1 rings (SSSR count). The smallest absolute Gasteiger partial charge is 0.0192 e. The van der Waals surface area contributed by atoms with Crippen LogP contribution in [0.5, 0.6) is 0 Å². The van der Waals surface area contributed by atoms with Crippen LogP contribution in [0.4, 0.5) is 0 Å². The van der Waals surface area contributed by atoms with Gasteiger partial charge in [-0.1, -0.05) is 20.8 Å². The van der Waals surface area contributed by atoms with Gasteiger partial charge in [-0.05, 0) is 33.4 Å². The lowest BCUT2D eigenvalue weighted by Gasteiger charge is -2.42. The predicted octanol–water partition coefficient (Wildman–Crippen LogP) is 1.64. The van der Waals surface area contributed by atoms with E-state index in [9.17, 15) is 0 Å². The van der Waals surface area contributed by atoms with E-state index >= 15 is 0 Å². The normalized spacial score (nSPS) is 27.4. The van der Waals surface area contributed by atoms with Gasteiger partial charge in [0, 0.05) is 37.8 Å². The largest absolute Gasteiger partial charge is 0.314 e. The third kappa shape index (κ3) is 4.57. The summed E-state index contributed by atoms with van der Waals surface area (Å²) in [5, 5.41) is 3.55. The average Bonchev–Trinajstić information content (AvgIpc) is 2.28. The molecule has 1 aliphatic rings. The number of nitrogens with zero attached hydrogens (tertiary/aromatic N) is 2. The highest BCUT2D eigenvalue weighted by molar-refractivity contribution is 4.83. The quantitative estimate of drug-likeness (QED) is 0.789. The zero-order chi connectivity index (χ0) is 13.0. The van der Waals surface area contributed by atoms with Crippen LogP contribution in [0.3, 0.4) is 0 Å². The van der Waals surface area contributed by atoms with Crippen molar-refractivity contribution in [2.24, 2.45) is 5.92 Å². The van der Waals surface area contributed by atoms with E-state index in [0.717, 1.165) is 6.54 Å². The minimum atomic E-state index is 0.594. The number of nitrogens with one attached hydrogen (secondary N) is 1. The molecule has 17 heavy (non-hydrogen) atoms. The maximum atomic E-state index is 3.55. The van der Waals surface area contributed by atoms with Crippen LogP contribution in [0.25, 0.3) is 0 Å². The minimum absolute atomic E-state index is 0.594. The molecular weight excluding hydrogens is 210 g/mol. The molecule has 102 valence electrons. The van der Waals surface area contributed by atoms with Gasteiger partial charge in [-0.3, -0.25) is 4.90 Å².